The fraction of sp³-hybridized carbons (Fsp3) is 0.556. The van der Waals surface area contributed by atoms with Crippen molar-refractivity contribution in [3.8, 4) is 0 Å². The molecule has 138 valence electrons. The van der Waals surface area contributed by atoms with Gasteiger partial charge in [-0.15, -0.1) is 12.4 Å². The van der Waals surface area contributed by atoms with Crippen molar-refractivity contribution in [1.29, 1.82) is 0 Å². The van der Waals surface area contributed by atoms with Crippen molar-refractivity contribution in [2.45, 2.75) is 37.8 Å². The van der Waals surface area contributed by atoms with E-state index in [1.165, 1.54) is 0 Å². The number of amides is 2. The molecule has 0 atom stereocenters. The Morgan fingerprint density at radius 3 is 2.76 bits per heavy atom. The van der Waals surface area contributed by atoms with Gasteiger partial charge in [-0.1, -0.05) is 12.1 Å². The molecule has 2 aliphatic heterocycles. The van der Waals surface area contributed by atoms with E-state index >= 15 is 0 Å². The topological polar surface area (TPSA) is 70.7 Å². The van der Waals surface area contributed by atoms with Crippen LogP contribution >= 0.6 is 12.4 Å². The summed E-state index contributed by atoms with van der Waals surface area (Å²) in [5.41, 5.74) is 1.17. The zero-order chi connectivity index (χ0) is 17.0. The van der Waals surface area contributed by atoms with Gasteiger partial charge in [0.05, 0.1) is 0 Å². The number of piperidine rings is 1. The number of hydrogen-bond donors (Lipinski definition) is 2. The van der Waals surface area contributed by atoms with Gasteiger partial charge in [-0.25, -0.2) is 0 Å². The molecule has 1 aromatic carbocycles. The second kappa shape index (κ2) is 8.65. The fourth-order valence-electron chi connectivity index (χ4n) is 3.45. The average Bonchev–Trinajstić information content (AvgIpc) is 3.06. The summed E-state index contributed by atoms with van der Waals surface area (Å²) in [6.07, 6.45) is 2.88. The number of carbonyl (C=O) groups is 2. The van der Waals surface area contributed by atoms with Crippen molar-refractivity contribution in [3.63, 3.8) is 0 Å². The lowest BCUT2D eigenvalue weighted by Crippen LogP contribution is -2.53. The second-order valence-corrected chi connectivity index (χ2v) is 6.45. The third kappa shape index (κ3) is 4.32. The molecule has 6 nitrogen and oxygen atoms in total. The summed E-state index contributed by atoms with van der Waals surface area (Å²) in [6.45, 7) is 2.78. The fourth-order valence-corrected chi connectivity index (χ4v) is 3.45. The molecule has 2 heterocycles. The normalized spacial score (nSPS) is 19.4. The number of rotatable bonds is 5. The van der Waals surface area contributed by atoms with Crippen LogP contribution in [0.4, 0.5) is 5.69 Å². The molecule has 0 unspecified atom stereocenters. The molecular formula is C18H26ClN3O3. The average molecular weight is 368 g/mol. The Labute approximate surface area is 154 Å². The van der Waals surface area contributed by atoms with Crippen LogP contribution in [0.3, 0.4) is 0 Å². The molecule has 25 heavy (non-hydrogen) atoms. The van der Waals surface area contributed by atoms with Crippen LogP contribution < -0.4 is 15.5 Å². The quantitative estimate of drug-likeness (QED) is 0.829. The van der Waals surface area contributed by atoms with Crippen LogP contribution in [0.1, 0.15) is 31.2 Å². The van der Waals surface area contributed by atoms with Gasteiger partial charge in [-0.05, 0) is 50.0 Å². The highest BCUT2D eigenvalue weighted by molar-refractivity contribution is 5.95. The van der Waals surface area contributed by atoms with Crippen LogP contribution in [0.2, 0.25) is 0 Å². The predicted octanol–water partition coefficient (Wildman–Crippen LogP) is 1.62. The van der Waals surface area contributed by atoms with E-state index in [9.17, 15) is 9.59 Å². The van der Waals surface area contributed by atoms with Gasteiger partial charge in [0.1, 0.15) is 5.60 Å². The molecule has 0 aromatic heterocycles. The Morgan fingerprint density at radius 2 is 2.12 bits per heavy atom. The van der Waals surface area contributed by atoms with Gasteiger partial charge in [-0.3, -0.25) is 9.59 Å². The Morgan fingerprint density at radius 1 is 1.36 bits per heavy atom. The minimum Gasteiger partial charge on any atom is -0.368 e. The molecule has 0 bridgehead atoms. The highest BCUT2D eigenvalue weighted by Crippen LogP contribution is 2.24. The van der Waals surface area contributed by atoms with Crippen LogP contribution in [0.5, 0.6) is 0 Å². The highest BCUT2D eigenvalue weighted by atomic mass is 35.5. The number of nitrogens with zero attached hydrogens (tertiary/aromatic N) is 1. The van der Waals surface area contributed by atoms with E-state index < -0.39 is 5.60 Å². The van der Waals surface area contributed by atoms with Crippen molar-refractivity contribution in [1.82, 2.24) is 10.6 Å². The minimum absolute atomic E-state index is 0. The highest BCUT2D eigenvalue weighted by Gasteiger charge is 2.39. The van der Waals surface area contributed by atoms with Crippen LogP contribution in [-0.4, -0.2) is 44.2 Å². The van der Waals surface area contributed by atoms with Crippen molar-refractivity contribution in [2.24, 2.45) is 0 Å². The lowest BCUT2D eigenvalue weighted by Gasteiger charge is -2.34. The molecule has 2 fully saturated rings. The SMILES string of the molecule is COC1(C(=O)NCc2cccc(N3CCCC3=O)c2)CCNCC1.Cl. The molecule has 0 radical (unpaired) electrons. The van der Waals surface area contributed by atoms with Gasteiger partial charge < -0.3 is 20.3 Å². The number of hydrogen-bond acceptors (Lipinski definition) is 4. The molecule has 3 rings (SSSR count). The van der Waals surface area contributed by atoms with Crippen LogP contribution in [0, 0.1) is 0 Å². The minimum atomic E-state index is -0.728. The lowest BCUT2D eigenvalue weighted by atomic mass is 9.91. The molecule has 0 saturated carbocycles. The number of methoxy groups -OCH3 is 1. The van der Waals surface area contributed by atoms with Crippen LogP contribution in [0.15, 0.2) is 24.3 Å². The lowest BCUT2D eigenvalue weighted by molar-refractivity contribution is -0.146. The van der Waals surface area contributed by atoms with Crippen molar-refractivity contribution >= 4 is 29.9 Å². The van der Waals surface area contributed by atoms with E-state index in [2.05, 4.69) is 10.6 Å². The molecule has 2 amide bonds. The first kappa shape index (κ1) is 19.7. The molecule has 2 saturated heterocycles. The zero-order valence-electron chi connectivity index (χ0n) is 14.5. The maximum absolute atomic E-state index is 12.6. The number of ether oxygens (including phenoxy) is 1. The van der Waals surface area contributed by atoms with Crippen LogP contribution in [0.25, 0.3) is 0 Å². The van der Waals surface area contributed by atoms with Gasteiger partial charge in [0, 0.05) is 32.3 Å². The summed E-state index contributed by atoms with van der Waals surface area (Å²) in [7, 11) is 1.60. The molecule has 2 aliphatic rings. The predicted molar refractivity (Wildman–Crippen MR) is 99.0 cm³/mol. The van der Waals surface area contributed by atoms with Gasteiger partial charge in [0.25, 0.3) is 5.91 Å². The standard InChI is InChI=1S/C18H25N3O3.ClH/c1-24-18(7-9-19-10-8-18)17(23)20-13-14-4-2-5-15(12-14)21-11-3-6-16(21)22;/h2,4-5,12,19H,3,6-11,13H2,1H3,(H,20,23);1H. The number of nitrogens with one attached hydrogen (secondary N) is 2. The number of benzene rings is 1. The summed E-state index contributed by atoms with van der Waals surface area (Å²) >= 11 is 0. The smallest absolute Gasteiger partial charge is 0.252 e. The molecule has 0 aliphatic carbocycles. The molecule has 2 N–H and O–H groups in total. The summed E-state index contributed by atoms with van der Waals surface area (Å²) in [4.78, 5) is 26.3. The molecular weight excluding hydrogens is 342 g/mol. The summed E-state index contributed by atoms with van der Waals surface area (Å²) in [6, 6.07) is 7.81. The van der Waals surface area contributed by atoms with Gasteiger partial charge in [0.2, 0.25) is 5.91 Å². The van der Waals surface area contributed by atoms with Gasteiger partial charge in [-0.2, -0.15) is 0 Å². The first-order valence-electron chi connectivity index (χ1n) is 8.58. The first-order chi connectivity index (χ1) is 11.6. The van der Waals surface area contributed by atoms with E-state index in [4.69, 9.17) is 4.74 Å². The van der Waals surface area contributed by atoms with Crippen molar-refractivity contribution < 1.29 is 14.3 Å². The third-order valence-corrected chi connectivity index (χ3v) is 4.96. The van der Waals surface area contributed by atoms with E-state index in [0.29, 0.717) is 25.8 Å². The van der Waals surface area contributed by atoms with Crippen molar-refractivity contribution in [3.05, 3.63) is 29.8 Å². The van der Waals surface area contributed by atoms with E-state index in [1.807, 2.05) is 29.2 Å². The number of halogens is 1. The van der Waals surface area contributed by atoms with Crippen LogP contribution in [-0.2, 0) is 20.9 Å². The summed E-state index contributed by atoms with van der Waals surface area (Å²) < 4.78 is 5.54. The Kier molecular flexibility index (Phi) is 6.81. The zero-order valence-corrected chi connectivity index (χ0v) is 15.4. The van der Waals surface area contributed by atoms with Gasteiger partial charge >= 0.3 is 0 Å². The largest absolute Gasteiger partial charge is 0.368 e. The number of anilines is 1. The van der Waals surface area contributed by atoms with E-state index in [1.54, 1.807) is 7.11 Å². The monoisotopic (exact) mass is 367 g/mol. The Hall–Kier alpha value is -1.63. The second-order valence-electron chi connectivity index (χ2n) is 6.45. The summed E-state index contributed by atoms with van der Waals surface area (Å²) in [5.74, 6) is 0.110. The maximum atomic E-state index is 12.6. The van der Waals surface area contributed by atoms with Gasteiger partial charge in [0.15, 0.2) is 0 Å². The van der Waals surface area contributed by atoms with E-state index in [-0.39, 0.29) is 24.2 Å². The third-order valence-electron chi connectivity index (χ3n) is 4.96. The number of carbonyl (C=O) groups excluding carboxylic acids is 2. The maximum Gasteiger partial charge on any atom is 0.252 e. The molecule has 7 heteroatoms. The van der Waals surface area contributed by atoms with E-state index in [0.717, 1.165) is 37.3 Å². The Balaban J connectivity index is 0.00000225. The summed E-state index contributed by atoms with van der Waals surface area (Å²) in [5, 5.41) is 6.24. The Bertz CT molecular complexity index is 617. The van der Waals surface area contributed by atoms with Crippen molar-refractivity contribution in [2.75, 3.05) is 31.6 Å². The molecule has 1 aromatic rings. The first-order valence-corrected chi connectivity index (χ1v) is 8.58. The molecule has 0 spiro atoms.